The van der Waals surface area contributed by atoms with E-state index >= 15 is 0 Å². The van der Waals surface area contributed by atoms with Crippen LogP contribution in [0.2, 0.25) is 0 Å². The molecule has 0 N–H and O–H groups in total. The second-order valence-corrected chi connectivity index (χ2v) is 6.71. The molecule has 0 aliphatic carbocycles. The van der Waals surface area contributed by atoms with Crippen LogP contribution in [0.15, 0.2) is 4.99 Å². The van der Waals surface area contributed by atoms with Crippen molar-refractivity contribution in [2.75, 3.05) is 46.9 Å². The van der Waals surface area contributed by atoms with Gasteiger partial charge in [0.2, 0.25) is 0 Å². The predicted molar refractivity (Wildman–Crippen MR) is 78.9 cm³/mol. The molecule has 0 aromatic heterocycles. The van der Waals surface area contributed by atoms with Gasteiger partial charge in [-0.3, -0.25) is 4.90 Å². The number of carbonyl (C=O) groups is 1. The monoisotopic (exact) mass is 282 g/mol. The average molecular weight is 282 g/mol. The summed E-state index contributed by atoms with van der Waals surface area (Å²) in [5.74, 6) is 0.886. The van der Waals surface area contributed by atoms with E-state index in [-0.39, 0.29) is 17.6 Å². The fraction of sp³-hybridized carbons (Fsp3) is 0.857. The van der Waals surface area contributed by atoms with Gasteiger partial charge >= 0.3 is 6.03 Å². The Morgan fingerprint density at radius 3 is 2.70 bits per heavy atom. The molecule has 1 unspecified atom stereocenters. The number of fused-ring (bicyclic) bond motifs is 1. The maximum Gasteiger partial charge on any atom is 0.347 e. The van der Waals surface area contributed by atoms with E-state index in [1.54, 1.807) is 0 Å². The Labute approximate surface area is 121 Å². The van der Waals surface area contributed by atoms with Gasteiger partial charge in [-0.2, -0.15) is 4.99 Å². The molecule has 2 aliphatic heterocycles. The van der Waals surface area contributed by atoms with Gasteiger partial charge in [0.15, 0.2) is 0 Å². The Balaban J connectivity index is 2.24. The van der Waals surface area contributed by atoms with Gasteiger partial charge in [-0.05, 0) is 14.1 Å². The topological polar surface area (TPSA) is 48.4 Å². The average Bonchev–Trinajstić information content (AvgIpc) is 2.35. The van der Waals surface area contributed by atoms with Crippen molar-refractivity contribution in [1.29, 1.82) is 0 Å². The second-order valence-electron chi connectivity index (χ2n) is 6.71. The number of urea groups is 1. The van der Waals surface area contributed by atoms with Crippen LogP contribution in [0.5, 0.6) is 0 Å². The van der Waals surface area contributed by atoms with Crippen molar-refractivity contribution in [2.24, 2.45) is 10.4 Å². The molecule has 0 radical (unpaired) electrons. The highest BCUT2D eigenvalue weighted by molar-refractivity contribution is 5.99. The Hall–Kier alpha value is -1.14. The molecular weight excluding hydrogens is 256 g/mol. The number of amides is 2. The van der Waals surface area contributed by atoms with Crippen LogP contribution in [0.25, 0.3) is 0 Å². The van der Waals surface area contributed by atoms with Crippen LogP contribution in [0.1, 0.15) is 20.8 Å². The predicted octanol–water partition coefficient (Wildman–Crippen LogP) is 1.09. The third-order valence-electron chi connectivity index (χ3n) is 3.64. The SMILES string of the molecule is CN(C)CCN1C(=O)N=C(C(C)(C)C)N2CCOCC12. The van der Waals surface area contributed by atoms with Crippen LogP contribution in [0.4, 0.5) is 4.79 Å². The summed E-state index contributed by atoms with van der Waals surface area (Å²) in [5.41, 5.74) is -0.126. The first-order valence-electron chi connectivity index (χ1n) is 7.19. The minimum absolute atomic E-state index is 0.0112. The molecule has 0 spiro atoms. The van der Waals surface area contributed by atoms with Crippen LogP contribution in [0.3, 0.4) is 0 Å². The largest absolute Gasteiger partial charge is 0.376 e. The molecule has 1 fully saturated rings. The molecule has 2 amide bonds. The maximum atomic E-state index is 12.4. The summed E-state index contributed by atoms with van der Waals surface area (Å²) in [6.07, 6.45) is -0.0112. The number of rotatable bonds is 3. The third kappa shape index (κ3) is 3.12. The van der Waals surface area contributed by atoms with Gasteiger partial charge in [0, 0.05) is 25.0 Å². The first-order valence-corrected chi connectivity index (χ1v) is 7.19. The van der Waals surface area contributed by atoms with Crippen LogP contribution < -0.4 is 0 Å². The zero-order valence-corrected chi connectivity index (χ0v) is 13.2. The summed E-state index contributed by atoms with van der Waals surface area (Å²) in [4.78, 5) is 22.8. The lowest BCUT2D eigenvalue weighted by molar-refractivity contribution is -0.0371. The molecule has 114 valence electrons. The van der Waals surface area contributed by atoms with E-state index in [9.17, 15) is 4.79 Å². The number of likely N-dealkylation sites (N-methyl/N-ethyl adjacent to an activating group) is 1. The molecule has 2 heterocycles. The summed E-state index contributed by atoms with van der Waals surface area (Å²) in [5, 5.41) is 0. The first kappa shape index (κ1) is 15.3. The molecule has 6 heteroatoms. The normalized spacial score (nSPS) is 24.0. The molecule has 2 rings (SSSR count). The van der Waals surface area contributed by atoms with Crippen molar-refractivity contribution >= 4 is 11.9 Å². The minimum Gasteiger partial charge on any atom is -0.376 e. The van der Waals surface area contributed by atoms with Crippen LogP contribution in [-0.4, -0.2) is 79.7 Å². The van der Waals surface area contributed by atoms with Gasteiger partial charge in [-0.15, -0.1) is 0 Å². The Morgan fingerprint density at radius 2 is 2.10 bits per heavy atom. The van der Waals surface area contributed by atoms with Gasteiger partial charge in [0.05, 0.1) is 13.2 Å². The molecule has 2 aliphatic rings. The van der Waals surface area contributed by atoms with Crippen LogP contribution in [0, 0.1) is 5.41 Å². The van der Waals surface area contributed by atoms with Crippen molar-refractivity contribution in [3.63, 3.8) is 0 Å². The Morgan fingerprint density at radius 1 is 1.40 bits per heavy atom. The maximum absolute atomic E-state index is 12.4. The fourth-order valence-electron chi connectivity index (χ4n) is 2.59. The summed E-state index contributed by atoms with van der Waals surface area (Å²) in [6, 6.07) is -0.136. The second kappa shape index (κ2) is 5.69. The van der Waals surface area contributed by atoms with Crippen LogP contribution >= 0.6 is 0 Å². The first-order chi connectivity index (χ1) is 9.30. The van der Waals surface area contributed by atoms with Crippen molar-refractivity contribution in [1.82, 2.24) is 14.7 Å². The fourth-order valence-corrected chi connectivity index (χ4v) is 2.59. The summed E-state index contributed by atoms with van der Waals surface area (Å²) < 4.78 is 5.58. The summed E-state index contributed by atoms with van der Waals surface area (Å²) in [7, 11) is 4.01. The van der Waals surface area contributed by atoms with Crippen molar-refractivity contribution in [3.05, 3.63) is 0 Å². The van der Waals surface area contributed by atoms with Gasteiger partial charge in [-0.1, -0.05) is 20.8 Å². The van der Waals surface area contributed by atoms with E-state index in [1.165, 1.54) is 0 Å². The summed E-state index contributed by atoms with van der Waals surface area (Å²) >= 11 is 0. The molecule has 1 saturated heterocycles. The number of hydrogen-bond donors (Lipinski definition) is 0. The van der Waals surface area contributed by atoms with E-state index in [2.05, 4.69) is 35.6 Å². The van der Waals surface area contributed by atoms with Crippen molar-refractivity contribution in [2.45, 2.75) is 26.9 Å². The number of hydrogen-bond acceptors (Lipinski definition) is 4. The molecular formula is C14H26N4O2. The van der Waals surface area contributed by atoms with E-state index in [4.69, 9.17) is 4.74 Å². The molecule has 1 atom stereocenters. The smallest absolute Gasteiger partial charge is 0.347 e. The molecule has 6 nitrogen and oxygen atoms in total. The van der Waals surface area contributed by atoms with E-state index in [0.29, 0.717) is 19.8 Å². The Kier molecular flexibility index (Phi) is 4.34. The van der Waals surface area contributed by atoms with Gasteiger partial charge in [0.25, 0.3) is 0 Å². The van der Waals surface area contributed by atoms with E-state index < -0.39 is 0 Å². The van der Waals surface area contributed by atoms with Gasteiger partial charge in [0.1, 0.15) is 12.0 Å². The quantitative estimate of drug-likeness (QED) is 0.777. The van der Waals surface area contributed by atoms with E-state index in [1.807, 2.05) is 19.0 Å². The Bertz CT molecular complexity index is 400. The molecule has 20 heavy (non-hydrogen) atoms. The number of ether oxygens (including phenoxy) is 1. The number of amidine groups is 1. The number of aliphatic imine (C=N–C) groups is 1. The zero-order valence-electron chi connectivity index (χ0n) is 13.2. The number of carbonyl (C=O) groups excluding carboxylic acids is 1. The number of nitrogens with zero attached hydrogens (tertiary/aromatic N) is 4. The van der Waals surface area contributed by atoms with Gasteiger partial charge in [-0.25, -0.2) is 4.79 Å². The highest BCUT2D eigenvalue weighted by atomic mass is 16.5. The van der Waals surface area contributed by atoms with Gasteiger partial charge < -0.3 is 14.5 Å². The van der Waals surface area contributed by atoms with Crippen molar-refractivity contribution in [3.8, 4) is 0 Å². The molecule has 0 bridgehead atoms. The molecule has 0 saturated carbocycles. The standard InChI is InChI=1S/C14H26N4O2/c1-14(2,3)12-15-13(19)18(7-6-16(4)5)11-10-20-9-8-17(11)12/h11H,6-10H2,1-5H3. The lowest BCUT2D eigenvalue weighted by Gasteiger charge is -2.48. The molecule has 0 aromatic carbocycles. The highest BCUT2D eigenvalue weighted by Crippen LogP contribution is 2.27. The number of morpholine rings is 1. The highest BCUT2D eigenvalue weighted by Gasteiger charge is 2.41. The zero-order chi connectivity index (χ0) is 14.9. The minimum atomic E-state index is -0.136. The summed E-state index contributed by atoms with van der Waals surface area (Å²) in [6.45, 7) is 9.86. The molecule has 0 aromatic rings. The lowest BCUT2D eigenvalue weighted by Crippen LogP contribution is -2.64. The van der Waals surface area contributed by atoms with Crippen molar-refractivity contribution < 1.29 is 9.53 Å². The third-order valence-corrected chi connectivity index (χ3v) is 3.64. The van der Waals surface area contributed by atoms with E-state index in [0.717, 1.165) is 18.9 Å². The van der Waals surface area contributed by atoms with Crippen LogP contribution in [-0.2, 0) is 4.74 Å². The lowest BCUT2D eigenvalue weighted by atomic mass is 9.92.